The van der Waals surface area contributed by atoms with E-state index in [-0.39, 0.29) is 17.9 Å². The standard InChI is InChI=1S/C25H31N3O/c1-18-8-10-20(11-9-18)19(2)26-25(29)21-12-14-28(15-13-21)17-22-16-27(3)24-7-5-4-6-23(22)24/h4-11,16,19,21H,12-15,17H2,1-3H3,(H,26,29). The summed E-state index contributed by atoms with van der Waals surface area (Å²) in [6.45, 7) is 7.05. The van der Waals surface area contributed by atoms with Crippen molar-refractivity contribution in [3.05, 3.63) is 71.4 Å². The second kappa shape index (κ2) is 8.42. The number of para-hydroxylation sites is 1. The van der Waals surface area contributed by atoms with E-state index in [1.807, 2.05) is 0 Å². The number of rotatable bonds is 5. The Kier molecular flexibility index (Phi) is 5.72. The molecule has 3 aromatic rings. The van der Waals surface area contributed by atoms with Gasteiger partial charge in [0.1, 0.15) is 0 Å². The first-order valence-electron chi connectivity index (χ1n) is 10.6. The molecule has 0 bridgehead atoms. The van der Waals surface area contributed by atoms with Gasteiger partial charge >= 0.3 is 0 Å². The van der Waals surface area contributed by atoms with E-state index in [1.54, 1.807) is 0 Å². The molecule has 1 amide bonds. The predicted molar refractivity (Wildman–Crippen MR) is 119 cm³/mol. The number of carbonyl (C=O) groups excluding carboxylic acids is 1. The number of likely N-dealkylation sites (tertiary alicyclic amines) is 1. The Morgan fingerprint density at radius 2 is 1.79 bits per heavy atom. The molecule has 0 saturated carbocycles. The fraction of sp³-hybridized carbons (Fsp3) is 0.400. The van der Waals surface area contributed by atoms with Crippen molar-refractivity contribution in [3.8, 4) is 0 Å². The van der Waals surface area contributed by atoms with Gasteiger partial charge in [-0.2, -0.15) is 0 Å². The van der Waals surface area contributed by atoms with Crippen molar-refractivity contribution in [1.29, 1.82) is 0 Å². The van der Waals surface area contributed by atoms with Crippen molar-refractivity contribution in [2.75, 3.05) is 13.1 Å². The number of hydrogen-bond acceptors (Lipinski definition) is 2. The summed E-state index contributed by atoms with van der Waals surface area (Å²) in [5.74, 6) is 0.314. The smallest absolute Gasteiger partial charge is 0.223 e. The molecule has 1 aliphatic heterocycles. The molecule has 0 spiro atoms. The molecule has 152 valence electrons. The SMILES string of the molecule is Cc1ccc(C(C)NC(=O)C2CCN(Cc3cn(C)c4ccccc34)CC2)cc1. The molecule has 4 nitrogen and oxygen atoms in total. The Labute approximate surface area is 173 Å². The molecule has 2 heterocycles. The van der Waals surface area contributed by atoms with Gasteiger partial charge < -0.3 is 9.88 Å². The van der Waals surface area contributed by atoms with Crippen LogP contribution in [0, 0.1) is 12.8 Å². The summed E-state index contributed by atoms with van der Waals surface area (Å²) >= 11 is 0. The van der Waals surface area contributed by atoms with Crippen molar-refractivity contribution >= 4 is 16.8 Å². The van der Waals surface area contributed by atoms with Crippen molar-refractivity contribution in [1.82, 2.24) is 14.8 Å². The molecular formula is C25H31N3O. The second-order valence-corrected chi connectivity index (χ2v) is 8.47. The molecule has 1 fully saturated rings. The summed E-state index contributed by atoms with van der Waals surface area (Å²) in [5.41, 5.74) is 5.06. The van der Waals surface area contributed by atoms with Crippen molar-refractivity contribution in [3.63, 3.8) is 0 Å². The van der Waals surface area contributed by atoms with Crippen LogP contribution in [0.15, 0.2) is 54.7 Å². The maximum Gasteiger partial charge on any atom is 0.223 e. The predicted octanol–water partition coefficient (Wildman–Crippen LogP) is 4.58. The van der Waals surface area contributed by atoms with Crippen LogP contribution >= 0.6 is 0 Å². The molecule has 1 N–H and O–H groups in total. The maximum absolute atomic E-state index is 12.8. The van der Waals surface area contributed by atoms with Crippen molar-refractivity contribution in [2.24, 2.45) is 13.0 Å². The van der Waals surface area contributed by atoms with Gasteiger partial charge in [0.2, 0.25) is 5.91 Å². The van der Waals surface area contributed by atoms with Crippen molar-refractivity contribution in [2.45, 2.75) is 39.3 Å². The fourth-order valence-electron chi connectivity index (χ4n) is 4.42. The average Bonchev–Trinajstić information content (AvgIpc) is 3.04. The summed E-state index contributed by atoms with van der Waals surface area (Å²) in [6, 6.07) is 17.0. The van der Waals surface area contributed by atoms with Crippen LogP contribution in [-0.2, 0) is 18.4 Å². The van der Waals surface area contributed by atoms with E-state index in [9.17, 15) is 4.79 Å². The van der Waals surface area contributed by atoms with E-state index in [1.165, 1.54) is 22.0 Å². The third-order valence-electron chi connectivity index (χ3n) is 6.27. The third-order valence-corrected chi connectivity index (χ3v) is 6.27. The molecule has 4 rings (SSSR count). The zero-order valence-corrected chi connectivity index (χ0v) is 17.7. The zero-order chi connectivity index (χ0) is 20.4. The molecule has 0 aliphatic carbocycles. The highest BCUT2D eigenvalue weighted by Crippen LogP contribution is 2.25. The van der Waals surface area contributed by atoms with Crippen LogP contribution in [0.4, 0.5) is 0 Å². The number of nitrogens with zero attached hydrogens (tertiary/aromatic N) is 2. The highest BCUT2D eigenvalue weighted by Gasteiger charge is 2.26. The summed E-state index contributed by atoms with van der Waals surface area (Å²) in [7, 11) is 2.11. The molecule has 1 unspecified atom stereocenters. The molecule has 1 aromatic heterocycles. The first-order chi connectivity index (χ1) is 14.0. The molecule has 0 radical (unpaired) electrons. The fourth-order valence-corrected chi connectivity index (χ4v) is 4.42. The van der Waals surface area contributed by atoms with Crippen LogP contribution in [0.1, 0.15) is 42.5 Å². The highest BCUT2D eigenvalue weighted by molar-refractivity contribution is 5.83. The van der Waals surface area contributed by atoms with E-state index in [0.717, 1.165) is 38.0 Å². The third kappa shape index (κ3) is 4.38. The lowest BCUT2D eigenvalue weighted by molar-refractivity contribution is -0.127. The number of aryl methyl sites for hydroxylation is 2. The molecule has 29 heavy (non-hydrogen) atoms. The molecule has 4 heteroatoms. The number of aromatic nitrogens is 1. The summed E-state index contributed by atoms with van der Waals surface area (Å²) < 4.78 is 2.21. The zero-order valence-electron chi connectivity index (χ0n) is 17.7. The first kappa shape index (κ1) is 19.7. The number of carbonyl (C=O) groups is 1. The van der Waals surface area contributed by atoms with Crippen LogP contribution in [-0.4, -0.2) is 28.5 Å². The van der Waals surface area contributed by atoms with E-state index in [0.29, 0.717) is 0 Å². The average molecular weight is 390 g/mol. The van der Waals surface area contributed by atoms with Gasteiger partial charge in [0.05, 0.1) is 6.04 Å². The van der Waals surface area contributed by atoms with E-state index in [4.69, 9.17) is 0 Å². The summed E-state index contributed by atoms with van der Waals surface area (Å²) in [5, 5.41) is 4.55. The number of amides is 1. The van der Waals surface area contributed by atoms with Crippen molar-refractivity contribution < 1.29 is 4.79 Å². The number of hydrogen-bond donors (Lipinski definition) is 1. The van der Waals surface area contributed by atoms with Gasteiger partial charge in [-0.05, 0) is 57.0 Å². The Morgan fingerprint density at radius 1 is 1.10 bits per heavy atom. The maximum atomic E-state index is 12.8. The van der Waals surface area contributed by atoms with Gasteiger partial charge in [-0.25, -0.2) is 0 Å². The van der Waals surface area contributed by atoms with Gasteiger partial charge in [0.25, 0.3) is 0 Å². The minimum absolute atomic E-state index is 0.0526. The van der Waals surface area contributed by atoms with E-state index >= 15 is 0 Å². The van der Waals surface area contributed by atoms with Gasteiger partial charge in [-0.1, -0.05) is 48.0 Å². The topological polar surface area (TPSA) is 37.3 Å². The van der Waals surface area contributed by atoms with E-state index < -0.39 is 0 Å². The lowest BCUT2D eigenvalue weighted by Crippen LogP contribution is -2.40. The number of nitrogens with one attached hydrogen (secondary N) is 1. The quantitative estimate of drug-likeness (QED) is 0.694. The number of fused-ring (bicyclic) bond motifs is 1. The van der Waals surface area contributed by atoms with Gasteiger partial charge in [-0.15, -0.1) is 0 Å². The molecule has 1 aliphatic rings. The van der Waals surface area contributed by atoms with Crippen LogP contribution in [0.25, 0.3) is 10.9 Å². The van der Waals surface area contributed by atoms with Crippen LogP contribution in [0.3, 0.4) is 0 Å². The number of piperidine rings is 1. The minimum atomic E-state index is 0.0526. The van der Waals surface area contributed by atoms with Gasteiger partial charge in [0.15, 0.2) is 0 Å². The Balaban J connectivity index is 1.32. The Bertz CT molecular complexity index is 981. The van der Waals surface area contributed by atoms with Gasteiger partial charge in [0, 0.05) is 36.6 Å². The molecule has 2 aromatic carbocycles. The Morgan fingerprint density at radius 3 is 2.52 bits per heavy atom. The Hall–Kier alpha value is -2.59. The van der Waals surface area contributed by atoms with Crippen LogP contribution in [0.5, 0.6) is 0 Å². The minimum Gasteiger partial charge on any atom is -0.350 e. The normalized spacial score (nSPS) is 16.8. The number of benzene rings is 2. The van der Waals surface area contributed by atoms with E-state index in [2.05, 4.69) is 90.4 Å². The monoisotopic (exact) mass is 389 g/mol. The second-order valence-electron chi connectivity index (χ2n) is 8.47. The van der Waals surface area contributed by atoms with Crippen LogP contribution < -0.4 is 5.32 Å². The highest BCUT2D eigenvalue weighted by atomic mass is 16.1. The van der Waals surface area contributed by atoms with Gasteiger partial charge in [-0.3, -0.25) is 9.69 Å². The first-order valence-corrected chi connectivity index (χ1v) is 10.6. The lowest BCUT2D eigenvalue weighted by Gasteiger charge is -2.31. The summed E-state index contributed by atoms with van der Waals surface area (Å²) in [6.07, 6.45) is 4.10. The lowest BCUT2D eigenvalue weighted by atomic mass is 9.94. The van der Waals surface area contributed by atoms with Crippen LogP contribution in [0.2, 0.25) is 0 Å². The largest absolute Gasteiger partial charge is 0.350 e. The summed E-state index contributed by atoms with van der Waals surface area (Å²) in [4.78, 5) is 15.2. The molecule has 1 atom stereocenters. The molecular weight excluding hydrogens is 358 g/mol. The molecule has 1 saturated heterocycles.